The van der Waals surface area contributed by atoms with Gasteiger partial charge < -0.3 is 9.47 Å². The van der Waals surface area contributed by atoms with E-state index in [0.717, 1.165) is 68.7 Å². The third-order valence-electron chi connectivity index (χ3n) is 5.54. The van der Waals surface area contributed by atoms with Gasteiger partial charge in [-0.1, -0.05) is 12.1 Å². The first kappa shape index (κ1) is 15.6. The van der Waals surface area contributed by atoms with Crippen LogP contribution in [0.5, 0.6) is 0 Å². The standard InChI is InChI=1S/C19H26N4O/c1-21-16-9-4-3-8-15(16)20-18(21)14-23-13-7-10-17(23)19(24)22-11-5-2-6-12-22/h3-4,8-9,17H,2,5-7,10-14H2,1H3. The summed E-state index contributed by atoms with van der Waals surface area (Å²) in [4.78, 5) is 22.1. The molecule has 1 aromatic carbocycles. The van der Waals surface area contributed by atoms with E-state index in [9.17, 15) is 4.79 Å². The number of benzene rings is 1. The predicted octanol–water partition coefficient (Wildman–Crippen LogP) is 2.55. The number of rotatable bonds is 3. The molecule has 1 aromatic heterocycles. The second-order valence-corrected chi connectivity index (χ2v) is 7.09. The minimum atomic E-state index is 0.0444. The summed E-state index contributed by atoms with van der Waals surface area (Å²) in [5.41, 5.74) is 2.19. The summed E-state index contributed by atoms with van der Waals surface area (Å²) >= 11 is 0. The Hall–Kier alpha value is -1.88. The van der Waals surface area contributed by atoms with Gasteiger partial charge in [-0.15, -0.1) is 0 Å². The van der Waals surface area contributed by atoms with E-state index >= 15 is 0 Å². The second kappa shape index (κ2) is 6.55. The van der Waals surface area contributed by atoms with E-state index in [1.807, 2.05) is 12.1 Å². The lowest BCUT2D eigenvalue weighted by Gasteiger charge is -2.32. The van der Waals surface area contributed by atoms with Crippen molar-refractivity contribution in [3.8, 4) is 0 Å². The molecule has 5 nitrogen and oxygen atoms in total. The van der Waals surface area contributed by atoms with Crippen molar-refractivity contribution in [2.75, 3.05) is 19.6 Å². The van der Waals surface area contributed by atoms with Gasteiger partial charge in [0.2, 0.25) is 5.91 Å². The Balaban J connectivity index is 1.52. The van der Waals surface area contributed by atoms with Gasteiger partial charge in [-0.2, -0.15) is 0 Å². The van der Waals surface area contributed by atoms with Crippen LogP contribution < -0.4 is 0 Å². The summed E-state index contributed by atoms with van der Waals surface area (Å²) in [6, 6.07) is 8.28. The Bertz CT molecular complexity index is 732. The Kier molecular flexibility index (Phi) is 4.27. The largest absolute Gasteiger partial charge is 0.341 e. The first-order chi connectivity index (χ1) is 11.7. The van der Waals surface area contributed by atoms with E-state index in [-0.39, 0.29) is 6.04 Å². The Morgan fingerprint density at radius 2 is 1.92 bits per heavy atom. The first-order valence-corrected chi connectivity index (χ1v) is 9.17. The van der Waals surface area contributed by atoms with Crippen LogP contribution in [0.25, 0.3) is 11.0 Å². The highest BCUT2D eigenvalue weighted by Crippen LogP contribution is 2.24. The number of likely N-dealkylation sites (tertiary alicyclic amines) is 2. The van der Waals surface area contributed by atoms with Crippen LogP contribution in [0.2, 0.25) is 0 Å². The van der Waals surface area contributed by atoms with Crippen molar-refractivity contribution < 1.29 is 4.79 Å². The van der Waals surface area contributed by atoms with Crippen LogP contribution >= 0.6 is 0 Å². The lowest BCUT2D eigenvalue weighted by Crippen LogP contribution is -2.47. The Labute approximate surface area is 143 Å². The molecule has 2 aliphatic heterocycles. The smallest absolute Gasteiger partial charge is 0.239 e. The highest BCUT2D eigenvalue weighted by Gasteiger charge is 2.34. The monoisotopic (exact) mass is 326 g/mol. The molecule has 1 atom stereocenters. The number of amides is 1. The maximum Gasteiger partial charge on any atom is 0.239 e. The highest BCUT2D eigenvalue weighted by atomic mass is 16.2. The van der Waals surface area contributed by atoms with Gasteiger partial charge in [0.15, 0.2) is 0 Å². The third kappa shape index (κ3) is 2.81. The molecule has 0 radical (unpaired) electrons. The van der Waals surface area contributed by atoms with Crippen LogP contribution in [0.1, 0.15) is 37.9 Å². The number of hydrogen-bond donors (Lipinski definition) is 0. The molecule has 128 valence electrons. The minimum absolute atomic E-state index is 0.0444. The van der Waals surface area contributed by atoms with Crippen LogP contribution in [-0.4, -0.2) is 50.9 Å². The summed E-state index contributed by atoms with van der Waals surface area (Å²) in [5.74, 6) is 1.39. The molecular weight excluding hydrogens is 300 g/mol. The number of carbonyl (C=O) groups excluding carboxylic acids is 1. The quantitative estimate of drug-likeness (QED) is 0.870. The van der Waals surface area contributed by atoms with Gasteiger partial charge in [-0.05, 0) is 50.8 Å². The van der Waals surface area contributed by atoms with Crippen LogP contribution in [0.3, 0.4) is 0 Å². The fourth-order valence-electron chi connectivity index (χ4n) is 4.14. The van der Waals surface area contributed by atoms with Crippen molar-refractivity contribution in [2.24, 2.45) is 7.05 Å². The molecule has 1 amide bonds. The topological polar surface area (TPSA) is 41.4 Å². The van der Waals surface area contributed by atoms with Gasteiger partial charge in [-0.25, -0.2) is 4.98 Å². The van der Waals surface area contributed by atoms with Gasteiger partial charge in [0, 0.05) is 20.1 Å². The molecule has 0 saturated carbocycles. The fourth-order valence-corrected chi connectivity index (χ4v) is 4.14. The van der Waals surface area contributed by atoms with Crippen LogP contribution in [0, 0.1) is 0 Å². The summed E-state index contributed by atoms with van der Waals surface area (Å²) in [6.07, 6.45) is 5.66. The number of nitrogens with zero attached hydrogens (tertiary/aromatic N) is 4. The molecule has 1 unspecified atom stereocenters. The van der Waals surface area contributed by atoms with E-state index in [4.69, 9.17) is 4.98 Å². The summed E-state index contributed by atoms with van der Waals surface area (Å²) in [7, 11) is 2.07. The molecular formula is C19H26N4O. The molecule has 3 heterocycles. The zero-order valence-electron chi connectivity index (χ0n) is 14.4. The molecule has 2 aliphatic rings. The van der Waals surface area contributed by atoms with Gasteiger partial charge in [0.25, 0.3) is 0 Å². The summed E-state index contributed by atoms with van der Waals surface area (Å²) in [5, 5.41) is 0. The maximum atomic E-state index is 12.9. The molecule has 0 aliphatic carbocycles. The molecule has 2 aromatic rings. The zero-order chi connectivity index (χ0) is 16.5. The molecule has 0 spiro atoms. The average Bonchev–Trinajstić information content (AvgIpc) is 3.21. The fraction of sp³-hybridized carbons (Fsp3) is 0.579. The number of carbonyl (C=O) groups is 1. The minimum Gasteiger partial charge on any atom is -0.341 e. The average molecular weight is 326 g/mol. The number of para-hydroxylation sites is 2. The van der Waals surface area contributed by atoms with Gasteiger partial charge in [0.1, 0.15) is 5.82 Å². The van der Waals surface area contributed by atoms with Crippen molar-refractivity contribution in [3.63, 3.8) is 0 Å². The number of piperidine rings is 1. The molecule has 2 fully saturated rings. The Morgan fingerprint density at radius 3 is 2.71 bits per heavy atom. The summed E-state index contributed by atoms with van der Waals surface area (Å²) in [6.45, 7) is 3.63. The molecule has 0 N–H and O–H groups in total. The van der Waals surface area contributed by atoms with Gasteiger partial charge in [0.05, 0.1) is 23.6 Å². The van der Waals surface area contributed by atoms with Crippen molar-refractivity contribution in [3.05, 3.63) is 30.1 Å². The SMILES string of the molecule is Cn1c(CN2CCCC2C(=O)N2CCCCC2)nc2ccccc21. The lowest BCUT2D eigenvalue weighted by molar-refractivity contribution is -0.137. The van der Waals surface area contributed by atoms with Gasteiger partial charge in [-0.3, -0.25) is 9.69 Å². The van der Waals surface area contributed by atoms with Crippen molar-refractivity contribution in [1.29, 1.82) is 0 Å². The number of hydrogen-bond acceptors (Lipinski definition) is 3. The van der Waals surface area contributed by atoms with Crippen molar-refractivity contribution >= 4 is 16.9 Å². The number of fused-ring (bicyclic) bond motifs is 1. The number of imidazole rings is 1. The maximum absolute atomic E-state index is 12.9. The molecule has 24 heavy (non-hydrogen) atoms. The predicted molar refractivity (Wildman–Crippen MR) is 94.6 cm³/mol. The molecule has 5 heteroatoms. The van der Waals surface area contributed by atoms with Crippen molar-refractivity contribution in [2.45, 2.75) is 44.7 Å². The van der Waals surface area contributed by atoms with Crippen molar-refractivity contribution in [1.82, 2.24) is 19.4 Å². The zero-order valence-corrected chi connectivity index (χ0v) is 14.4. The number of aromatic nitrogens is 2. The van der Waals surface area contributed by atoms with Crippen LogP contribution in [-0.2, 0) is 18.4 Å². The number of aryl methyl sites for hydroxylation is 1. The highest BCUT2D eigenvalue weighted by molar-refractivity contribution is 5.82. The van der Waals surface area contributed by atoms with E-state index in [1.54, 1.807) is 0 Å². The van der Waals surface area contributed by atoms with E-state index in [0.29, 0.717) is 5.91 Å². The molecule has 0 bridgehead atoms. The lowest BCUT2D eigenvalue weighted by atomic mass is 10.1. The summed E-state index contributed by atoms with van der Waals surface area (Å²) < 4.78 is 2.16. The molecule has 2 saturated heterocycles. The third-order valence-corrected chi connectivity index (χ3v) is 5.54. The Morgan fingerprint density at radius 1 is 1.12 bits per heavy atom. The van der Waals surface area contributed by atoms with Crippen LogP contribution in [0.15, 0.2) is 24.3 Å². The van der Waals surface area contributed by atoms with Crippen LogP contribution in [0.4, 0.5) is 0 Å². The normalized spacial score (nSPS) is 22.4. The van der Waals surface area contributed by atoms with Gasteiger partial charge >= 0.3 is 0 Å². The van der Waals surface area contributed by atoms with E-state index in [1.165, 1.54) is 6.42 Å². The second-order valence-electron chi connectivity index (χ2n) is 7.09. The van der Waals surface area contributed by atoms with E-state index in [2.05, 4.69) is 33.5 Å². The first-order valence-electron chi connectivity index (χ1n) is 9.17. The van der Waals surface area contributed by atoms with E-state index < -0.39 is 0 Å². The molecule has 4 rings (SSSR count).